The number of nitrogens with two attached hydrogens (primary N) is 1. The number of benzene rings is 1. The second-order valence-corrected chi connectivity index (χ2v) is 10.4. The van der Waals surface area contributed by atoms with Crippen molar-refractivity contribution in [2.45, 2.75) is 19.3 Å². The van der Waals surface area contributed by atoms with Crippen molar-refractivity contribution in [3.63, 3.8) is 0 Å². The summed E-state index contributed by atoms with van der Waals surface area (Å²) < 4.78 is 11.8. The summed E-state index contributed by atoms with van der Waals surface area (Å²) in [5.74, 6) is 0.119. The van der Waals surface area contributed by atoms with Gasteiger partial charge in [-0.3, -0.25) is 9.78 Å². The Morgan fingerprint density at radius 1 is 1.35 bits per heavy atom. The average Bonchev–Trinajstić information content (AvgIpc) is 2.96. The molecule has 2 heterocycles. The standard InChI is InChI=1S/C18H22N4O2P.Y/c1-11(13-6-4-12(5-7-13)8-9-25(2,3)24)14-10-20-16-15(14)21-18(19)22-17(16)23;/h4-6,10-11,20H,8-9H2,1-3H3,(H3,19,21,22,23);/q-1;. The fourth-order valence-corrected chi connectivity index (χ4v) is 3.64. The van der Waals surface area contributed by atoms with E-state index in [0.29, 0.717) is 17.2 Å². The summed E-state index contributed by atoms with van der Waals surface area (Å²) in [6.45, 7) is 5.66. The van der Waals surface area contributed by atoms with Crippen LogP contribution in [0.25, 0.3) is 11.0 Å². The van der Waals surface area contributed by atoms with Crippen molar-refractivity contribution >= 4 is 24.1 Å². The van der Waals surface area contributed by atoms with Crippen LogP contribution in [0.3, 0.4) is 0 Å². The molecular formula is C18H22N4O2PY-. The van der Waals surface area contributed by atoms with Gasteiger partial charge in [-0.2, -0.15) is 35.4 Å². The second kappa shape index (κ2) is 8.20. The Labute approximate surface area is 177 Å². The number of hydrogen-bond donors (Lipinski definition) is 3. The van der Waals surface area contributed by atoms with E-state index in [1.807, 2.05) is 38.5 Å². The van der Waals surface area contributed by atoms with Gasteiger partial charge in [-0.15, -0.1) is 0 Å². The fraction of sp³-hybridized carbons (Fsp3) is 0.333. The SMILES string of the molecule is CC(c1[c-]cc(CCP(C)(C)=O)cc1)c1c[nH]c2c(=O)[nH]c(N)nc12.[Y]. The first kappa shape index (κ1) is 21.1. The third kappa shape index (κ3) is 4.73. The maximum absolute atomic E-state index is 11.9. The number of aryl methyl sites for hydroxylation is 1. The van der Waals surface area contributed by atoms with Gasteiger partial charge in [0.2, 0.25) is 5.95 Å². The first-order chi connectivity index (χ1) is 11.7. The third-order valence-corrected chi connectivity index (χ3v) is 5.66. The van der Waals surface area contributed by atoms with E-state index in [2.05, 4.69) is 21.0 Å². The molecule has 3 rings (SSSR count). The monoisotopic (exact) mass is 446 g/mol. The van der Waals surface area contributed by atoms with Crippen molar-refractivity contribution in [2.75, 3.05) is 25.2 Å². The van der Waals surface area contributed by atoms with Gasteiger partial charge in [0.1, 0.15) is 11.0 Å². The number of H-pyrrole nitrogens is 2. The van der Waals surface area contributed by atoms with Crippen LogP contribution >= 0.6 is 7.14 Å². The first-order valence-electron chi connectivity index (χ1n) is 8.16. The molecule has 0 bridgehead atoms. The fourth-order valence-electron chi connectivity index (χ4n) is 2.84. The number of anilines is 1. The number of fused-ring (bicyclic) bond motifs is 1. The second-order valence-electron chi connectivity index (χ2n) is 6.84. The van der Waals surface area contributed by atoms with Crippen molar-refractivity contribution in [1.29, 1.82) is 0 Å². The molecule has 1 aromatic carbocycles. The average molecular weight is 446 g/mol. The summed E-state index contributed by atoms with van der Waals surface area (Å²) in [6, 6.07) is 9.32. The zero-order valence-corrected chi connectivity index (χ0v) is 18.9. The molecule has 0 fully saturated rings. The molecule has 1 unspecified atom stereocenters. The van der Waals surface area contributed by atoms with Crippen LogP contribution < -0.4 is 11.3 Å². The van der Waals surface area contributed by atoms with Gasteiger partial charge in [0.15, 0.2) is 0 Å². The van der Waals surface area contributed by atoms with E-state index in [9.17, 15) is 9.36 Å². The van der Waals surface area contributed by atoms with Crippen LogP contribution in [0.4, 0.5) is 5.95 Å². The van der Waals surface area contributed by atoms with E-state index < -0.39 is 7.14 Å². The van der Waals surface area contributed by atoms with E-state index >= 15 is 0 Å². The number of nitrogen functional groups attached to an aromatic ring is 1. The molecule has 6 nitrogen and oxygen atoms in total. The summed E-state index contributed by atoms with van der Waals surface area (Å²) in [6.07, 6.45) is 3.28. The summed E-state index contributed by atoms with van der Waals surface area (Å²) in [4.78, 5) is 21.7. The van der Waals surface area contributed by atoms with Gasteiger partial charge in [0.25, 0.3) is 5.56 Å². The quantitative estimate of drug-likeness (QED) is 0.414. The van der Waals surface area contributed by atoms with Crippen molar-refractivity contribution < 1.29 is 37.3 Å². The molecule has 0 spiro atoms. The van der Waals surface area contributed by atoms with Crippen molar-refractivity contribution in [3.8, 4) is 0 Å². The number of aromatic nitrogens is 3. The zero-order valence-electron chi connectivity index (χ0n) is 15.2. The minimum Gasteiger partial charge on any atom is -0.369 e. The van der Waals surface area contributed by atoms with E-state index in [0.717, 1.165) is 23.1 Å². The zero-order chi connectivity index (χ0) is 18.2. The van der Waals surface area contributed by atoms with E-state index in [1.165, 1.54) is 0 Å². The molecule has 0 aliphatic rings. The molecule has 0 saturated carbocycles. The van der Waals surface area contributed by atoms with Crippen LogP contribution in [0.2, 0.25) is 0 Å². The third-order valence-electron chi connectivity index (χ3n) is 4.36. The molecule has 26 heavy (non-hydrogen) atoms. The molecule has 3 aromatic rings. The summed E-state index contributed by atoms with van der Waals surface area (Å²) in [7, 11) is -2.01. The predicted octanol–water partition coefficient (Wildman–Crippen LogP) is 2.95. The normalized spacial score (nSPS) is 12.7. The first-order valence-corrected chi connectivity index (χ1v) is 10.9. The molecule has 0 amide bonds. The molecule has 8 heteroatoms. The number of aromatic amines is 2. The largest absolute Gasteiger partial charge is 0.369 e. The van der Waals surface area contributed by atoms with E-state index in [1.54, 1.807) is 6.20 Å². The molecule has 0 saturated heterocycles. The maximum atomic E-state index is 11.9. The van der Waals surface area contributed by atoms with Crippen molar-refractivity contribution in [3.05, 3.63) is 57.5 Å². The molecule has 2 aromatic heterocycles. The van der Waals surface area contributed by atoms with E-state index in [4.69, 9.17) is 5.73 Å². The van der Waals surface area contributed by atoms with Crippen LogP contribution in [0.15, 0.2) is 29.2 Å². The number of rotatable bonds is 5. The topological polar surface area (TPSA) is 105 Å². The van der Waals surface area contributed by atoms with Crippen LogP contribution in [0.1, 0.15) is 29.5 Å². The summed E-state index contributed by atoms with van der Waals surface area (Å²) in [5.41, 5.74) is 9.44. The Morgan fingerprint density at radius 3 is 2.69 bits per heavy atom. The molecular weight excluding hydrogens is 424 g/mol. The number of nitrogens with one attached hydrogen (secondary N) is 2. The summed E-state index contributed by atoms with van der Waals surface area (Å²) in [5, 5.41) is 0. The minimum atomic E-state index is -2.01. The van der Waals surface area contributed by atoms with Gasteiger partial charge in [-0.1, -0.05) is 13.3 Å². The van der Waals surface area contributed by atoms with Gasteiger partial charge in [0.05, 0.1) is 7.14 Å². The molecule has 0 aliphatic carbocycles. The number of hydrogen-bond acceptors (Lipinski definition) is 4. The molecule has 1 atom stereocenters. The Morgan fingerprint density at radius 2 is 2.08 bits per heavy atom. The minimum absolute atomic E-state index is 0. The van der Waals surface area contributed by atoms with Crippen molar-refractivity contribution in [1.82, 2.24) is 15.0 Å². The molecule has 1 radical (unpaired) electrons. The Bertz CT molecular complexity index is 1000. The van der Waals surface area contributed by atoms with Gasteiger partial charge >= 0.3 is 0 Å². The van der Waals surface area contributed by atoms with Crippen LogP contribution in [0.5, 0.6) is 0 Å². The van der Waals surface area contributed by atoms with Gasteiger partial charge in [-0.25, -0.2) is 4.98 Å². The van der Waals surface area contributed by atoms with E-state index in [-0.39, 0.29) is 50.1 Å². The Hall–Kier alpha value is -1.23. The number of nitrogens with zero attached hydrogens (tertiary/aromatic N) is 1. The van der Waals surface area contributed by atoms with Gasteiger partial charge < -0.3 is 15.3 Å². The molecule has 135 valence electrons. The predicted molar refractivity (Wildman–Crippen MR) is 102 cm³/mol. The summed E-state index contributed by atoms with van der Waals surface area (Å²) >= 11 is 0. The smallest absolute Gasteiger partial charge is 0.276 e. The van der Waals surface area contributed by atoms with Crippen molar-refractivity contribution in [2.24, 2.45) is 0 Å². The van der Waals surface area contributed by atoms with Crippen LogP contribution in [0, 0.1) is 6.07 Å². The van der Waals surface area contributed by atoms with Gasteiger partial charge in [0, 0.05) is 44.5 Å². The van der Waals surface area contributed by atoms with Gasteiger partial charge in [-0.05, 0) is 25.4 Å². The van der Waals surface area contributed by atoms with Crippen LogP contribution in [-0.4, -0.2) is 34.4 Å². The Balaban J connectivity index is 0.00000243. The molecule has 0 aliphatic heterocycles. The van der Waals surface area contributed by atoms with Crippen LogP contribution in [-0.2, 0) is 43.7 Å². The Kier molecular flexibility index (Phi) is 6.65. The maximum Gasteiger partial charge on any atom is 0.276 e. The molecule has 4 N–H and O–H groups in total.